The lowest BCUT2D eigenvalue weighted by Crippen LogP contribution is -2.52. The number of hydrogen-bond acceptors (Lipinski definition) is 3. The van der Waals surface area contributed by atoms with Crippen LogP contribution in [0.4, 0.5) is 0 Å². The number of nitrogens with zero attached hydrogens (tertiary/aromatic N) is 2. The molecule has 2 unspecified atom stereocenters. The number of rotatable bonds is 3. The Morgan fingerprint density at radius 2 is 2.20 bits per heavy atom. The molecule has 1 amide bonds. The van der Waals surface area contributed by atoms with Gasteiger partial charge in [-0.2, -0.15) is 5.10 Å². The summed E-state index contributed by atoms with van der Waals surface area (Å²) in [6.07, 6.45) is 4.79. The molecule has 0 aliphatic heterocycles. The fourth-order valence-electron chi connectivity index (χ4n) is 2.88. The minimum Gasteiger partial charge on any atom is -0.481 e. The van der Waals surface area contributed by atoms with Crippen molar-refractivity contribution in [3.8, 4) is 0 Å². The Hall–Kier alpha value is -1.85. The third kappa shape index (κ3) is 2.55. The van der Waals surface area contributed by atoms with Crippen molar-refractivity contribution in [1.82, 2.24) is 15.1 Å². The number of carboxylic acids is 1. The zero-order valence-electron chi connectivity index (χ0n) is 12.1. The summed E-state index contributed by atoms with van der Waals surface area (Å²) in [6, 6.07) is -0.333. The molecule has 1 aromatic rings. The third-order valence-corrected chi connectivity index (χ3v) is 4.26. The topological polar surface area (TPSA) is 84.2 Å². The van der Waals surface area contributed by atoms with Gasteiger partial charge in [-0.15, -0.1) is 0 Å². The molecule has 0 saturated heterocycles. The van der Waals surface area contributed by atoms with E-state index in [1.165, 1.54) is 0 Å². The van der Waals surface area contributed by atoms with E-state index in [4.69, 9.17) is 0 Å². The Morgan fingerprint density at radius 1 is 1.50 bits per heavy atom. The molecule has 1 heterocycles. The van der Waals surface area contributed by atoms with Gasteiger partial charge in [0.05, 0.1) is 16.7 Å². The first-order valence-electron chi connectivity index (χ1n) is 6.89. The number of carboxylic acid groups (broad SMARTS) is 1. The third-order valence-electron chi connectivity index (χ3n) is 4.26. The first-order valence-corrected chi connectivity index (χ1v) is 6.89. The second-order valence-electron chi connectivity index (χ2n) is 5.80. The highest BCUT2D eigenvalue weighted by Crippen LogP contribution is 2.36. The molecular formula is C14H21N3O3. The van der Waals surface area contributed by atoms with Gasteiger partial charge in [0.15, 0.2) is 0 Å². The lowest BCUT2D eigenvalue weighted by molar-refractivity contribution is -0.151. The molecule has 6 heteroatoms. The molecule has 0 aromatic carbocycles. The summed E-state index contributed by atoms with van der Waals surface area (Å²) in [4.78, 5) is 23.8. The Morgan fingerprint density at radius 3 is 2.75 bits per heavy atom. The van der Waals surface area contributed by atoms with Crippen LogP contribution in [0.15, 0.2) is 6.20 Å². The van der Waals surface area contributed by atoms with Crippen LogP contribution in [0.25, 0.3) is 0 Å². The van der Waals surface area contributed by atoms with E-state index in [1.54, 1.807) is 31.8 Å². The molecule has 20 heavy (non-hydrogen) atoms. The number of aryl methyl sites for hydroxylation is 2. The highest BCUT2D eigenvalue weighted by atomic mass is 16.4. The Kier molecular flexibility index (Phi) is 3.83. The summed E-state index contributed by atoms with van der Waals surface area (Å²) in [7, 11) is 1.76. The largest absolute Gasteiger partial charge is 0.481 e. The van der Waals surface area contributed by atoms with Gasteiger partial charge in [0.1, 0.15) is 0 Å². The Labute approximate surface area is 118 Å². The summed E-state index contributed by atoms with van der Waals surface area (Å²) in [5, 5.41) is 16.5. The number of carbonyl (C=O) groups is 2. The quantitative estimate of drug-likeness (QED) is 0.878. The average Bonchev–Trinajstić information content (AvgIpc) is 2.71. The fraction of sp³-hybridized carbons (Fsp3) is 0.643. The maximum atomic E-state index is 12.3. The van der Waals surface area contributed by atoms with Gasteiger partial charge in [0, 0.05) is 19.3 Å². The maximum Gasteiger partial charge on any atom is 0.311 e. The SMILES string of the molecule is Cc1nn(C)cc1C(=O)NC1CCCCC1(C)C(=O)O. The van der Waals surface area contributed by atoms with Crippen molar-refractivity contribution in [2.24, 2.45) is 12.5 Å². The van der Waals surface area contributed by atoms with E-state index in [-0.39, 0.29) is 11.9 Å². The minimum absolute atomic E-state index is 0.241. The number of carbonyl (C=O) groups excluding carboxylic acids is 1. The summed E-state index contributed by atoms with van der Waals surface area (Å²) in [5.74, 6) is -1.08. The molecule has 1 aromatic heterocycles. The van der Waals surface area contributed by atoms with E-state index < -0.39 is 11.4 Å². The van der Waals surface area contributed by atoms with Crippen molar-refractivity contribution in [2.75, 3.05) is 0 Å². The van der Waals surface area contributed by atoms with Crippen LogP contribution in [0.5, 0.6) is 0 Å². The number of nitrogens with one attached hydrogen (secondary N) is 1. The molecule has 1 saturated carbocycles. The molecular weight excluding hydrogens is 258 g/mol. The Bertz CT molecular complexity index is 538. The smallest absolute Gasteiger partial charge is 0.311 e. The van der Waals surface area contributed by atoms with Crippen molar-refractivity contribution in [2.45, 2.75) is 45.6 Å². The van der Waals surface area contributed by atoms with E-state index in [9.17, 15) is 14.7 Å². The summed E-state index contributed by atoms with van der Waals surface area (Å²) in [6.45, 7) is 3.49. The van der Waals surface area contributed by atoms with Crippen LogP contribution in [0.3, 0.4) is 0 Å². The molecule has 2 atom stereocenters. The van der Waals surface area contributed by atoms with Crippen LogP contribution in [0, 0.1) is 12.3 Å². The monoisotopic (exact) mass is 279 g/mol. The van der Waals surface area contributed by atoms with Crippen molar-refractivity contribution >= 4 is 11.9 Å². The van der Waals surface area contributed by atoms with Gasteiger partial charge >= 0.3 is 5.97 Å². The number of aliphatic carboxylic acids is 1. The normalized spacial score (nSPS) is 26.2. The van der Waals surface area contributed by atoms with Gasteiger partial charge in [0.2, 0.25) is 0 Å². The minimum atomic E-state index is -0.885. The summed E-state index contributed by atoms with van der Waals surface area (Å²) >= 11 is 0. The second-order valence-corrected chi connectivity index (χ2v) is 5.80. The van der Waals surface area contributed by atoms with Crippen LogP contribution >= 0.6 is 0 Å². The first-order chi connectivity index (χ1) is 9.34. The molecule has 6 nitrogen and oxygen atoms in total. The van der Waals surface area contributed by atoms with E-state index >= 15 is 0 Å². The van der Waals surface area contributed by atoms with Gasteiger partial charge in [-0.1, -0.05) is 12.8 Å². The lowest BCUT2D eigenvalue weighted by atomic mass is 9.71. The predicted octanol–water partition coefficient (Wildman–Crippen LogP) is 1.49. The maximum absolute atomic E-state index is 12.3. The van der Waals surface area contributed by atoms with Gasteiger partial charge < -0.3 is 10.4 Å². The van der Waals surface area contributed by atoms with Crippen LogP contribution in [-0.2, 0) is 11.8 Å². The van der Waals surface area contributed by atoms with E-state index in [1.807, 2.05) is 0 Å². The van der Waals surface area contributed by atoms with Crippen molar-refractivity contribution in [3.63, 3.8) is 0 Å². The Balaban J connectivity index is 2.17. The van der Waals surface area contributed by atoms with Crippen LogP contribution < -0.4 is 5.32 Å². The van der Waals surface area contributed by atoms with Gasteiger partial charge in [-0.05, 0) is 26.7 Å². The zero-order valence-corrected chi connectivity index (χ0v) is 12.1. The van der Waals surface area contributed by atoms with Gasteiger partial charge in [-0.25, -0.2) is 0 Å². The molecule has 0 spiro atoms. The first kappa shape index (κ1) is 14.6. The standard InChI is InChI=1S/C14H21N3O3/c1-9-10(8-17(3)16-9)12(18)15-11-6-4-5-7-14(11,2)13(19)20/h8,11H,4-7H2,1-3H3,(H,15,18)(H,19,20). The fourth-order valence-corrected chi connectivity index (χ4v) is 2.88. The van der Waals surface area contributed by atoms with Gasteiger partial charge in [-0.3, -0.25) is 14.3 Å². The molecule has 110 valence electrons. The molecule has 1 aliphatic carbocycles. The second kappa shape index (κ2) is 5.26. The van der Waals surface area contributed by atoms with E-state index in [0.29, 0.717) is 24.1 Å². The predicted molar refractivity (Wildman–Crippen MR) is 73.4 cm³/mol. The lowest BCUT2D eigenvalue weighted by Gasteiger charge is -2.38. The molecule has 2 rings (SSSR count). The van der Waals surface area contributed by atoms with Crippen molar-refractivity contribution in [3.05, 3.63) is 17.5 Å². The molecule has 1 fully saturated rings. The highest BCUT2D eigenvalue weighted by molar-refractivity contribution is 5.95. The summed E-state index contributed by atoms with van der Waals surface area (Å²) < 4.78 is 1.58. The van der Waals surface area contributed by atoms with Crippen LogP contribution in [0.2, 0.25) is 0 Å². The molecule has 0 radical (unpaired) electrons. The molecule has 1 aliphatic rings. The molecule has 2 N–H and O–H groups in total. The van der Waals surface area contributed by atoms with Crippen LogP contribution in [-0.4, -0.2) is 32.8 Å². The number of aromatic nitrogens is 2. The number of hydrogen-bond donors (Lipinski definition) is 2. The van der Waals surface area contributed by atoms with Crippen molar-refractivity contribution in [1.29, 1.82) is 0 Å². The van der Waals surface area contributed by atoms with E-state index in [0.717, 1.165) is 12.8 Å². The van der Waals surface area contributed by atoms with Crippen LogP contribution in [0.1, 0.15) is 48.7 Å². The van der Waals surface area contributed by atoms with Crippen molar-refractivity contribution < 1.29 is 14.7 Å². The summed E-state index contributed by atoms with van der Waals surface area (Å²) in [5.41, 5.74) is 0.271. The molecule has 0 bridgehead atoms. The average molecular weight is 279 g/mol. The number of amides is 1. The highest BCUT2D eigenvalue weighted by Gasteiger charge is 2.44. The van der Waals surface area contributed by atoms with E-state index in [2.05, 4.69) is 10.4 Å². The zero-order chi connectivity index (χ0) is 14.9. The van der Waals surface area contributed by atoms with Gasteiger partial charge in [0.25, 0.3) is 5.91 Å².